The Kier molecular flexibility index (Phi) is 7.94. The SMILES string of the molecule is COc1cc(C(=O)CC[C@@](O)(c2cc3c(C)c[nH]c3c(-c3ccc(F)cc3)n2)C(F)(F)F)ccc1OCCO. The van der Waals surface area contributed by atoms with Gasteiger partial charge in [0.1, 0.15) is 12.4 Å². The van der Waals surface area contributed by atoms with Gasteiger partial charge in [-0.15, -0.1) is 0 Å². The highest BCUT2D eigenvalue weighted by Crippen LogP contribution is 2.44. The summed E-state index contributed by atoms with van der Waals surface area (Å²) in [6.45, 7) is 1.43. The summed E-state index contributed by atoms with van der Waals surface area (Å²) in [6.07, 6.45) is -5.22. The zero-order valence-corrected chi connectivity index (χ0v) is 21.1. The topological polar surface area (TPSA) is 105 Å². The van der Waals surface area contributed by atoms with Crippen molar-refractivity contribution >= 4 is 16.7 Å². The lowest BCUT2D eigenvalue weighted by molar-refractivity contribution is -0.270. The van der Waals surface area contributed by atoms with Crippen LogP contribution in [0.25, 0.3) is 22.2 Å². The summed E-state index contributed by atoms with van der Waals surface area (Å²) in [5.74, 6) is -0.770. The first-order valence-electron chi connectivity index (χ1n) is 12.0. The summed E-state index contributed by atoms with van der Waals surface area (Å²) in [5, 5.41) is 20.4. The Balaban J connectivity index is 1.71. The van der Waals surface area contributed by atoms with Crippen molar-refractivity contribution in [1.29, 1.82) is 0 Å². The number of carbonyl (C=O) groups is 1. The number of Topliss-reactive ketones (excluding diaryl/α,β-unsaturated/α-hetero) is 1. The van der Waals surface area contributed by atoms with Crippen LogP contribution in [-0.2, 0) is 5.60 Å². The second kappa shape index (κ2) is 11.0. The molecule has 0 aliphatic heterocycles. The van der Waals surface area contributed by atoms with Crippen LogP contribution in [0.1, 0.15) is 34.5 Å². The first-order chi connectivity index (χ1) is 18.5. The van der Waals surface area contributed by atoms with Crippen LogP contribution in [0.3, 0.4) is 0 Å². The Hall–Kier alpha value is -3.96. The lowest BCUT2D eigenvalue weighted by Crippen LogP contribution is -2.43. The van der Waals surface area contributed by atoms with Crippen molar-refractivity contribution in [3.05, 3.63) is 77.4 Å². The lowest BCUT2D eigenvalue weighted by atomic mass is 9.89. The number of aliphatic hydroxyl groups excluding tert-OH is 1. The highest BCUT2D eigenvalue weighted by Gasteiger charge is 2.56. The zero-order chi connectivity index (χ0) is 28.4. The number of ketones is 1. The number of halogens is 4. The van der Waals surface area contributed by atoms with E-state index < -0.39 is 41.9 Å². The van der Waals surface area contributed by atoms with Crippen LogP contribution in [0.5, 0.6) is 11.5 Å². The average Bonchev–Trinajstić information content (AvgIpc) is 3.30. The molecule has 2 heterocycles. The van der Waals surface area contributed by atoms with E-state index in [9.17, 15) is 27.5 Å². The number of methoxy groups -OCH3 is 1. The van der Waals surface area contributed by atoms with E-state index in [-0.39, 0.29) is 36.0 Å². The van der Waals surface area contributed by atoms with Crippen molar-refractivity contribution in [1.82, 2.24) is 9.97 Å². The number of pyridine rings is 1. The number of carbonyl (C=O) groups excluding carboxylic acids is 1. The fourth-order valence-electron chi connectivity index (χ4n) is 4.26. The van der Waals surface area contributed by atoms with Gasteiger partial charge in [0.2, 0.25) is 5.60 Å². The molecule has 0 amide bonds. The molecule has 2 aromatic carbocycles. The van der Waals surface area contributed by atoms with Crippen LogP contribution in [0.2, 0.25) is 0 Å². The molecule has 3 N–H and O–H groups in total. The van der Waals surface area contributed by atoms with Crippen LogP contribution in [-0.4, -0.2) is 52.5 Å². The van der Waals surface area contributed by atoms with E-state index in [1.165, 1.54) is 37.4 Å². The normalized spacial score (nSPS) is 13.3. The molecule has 0 spiro atoms. The summed E-state index contributed by atoms with van der Waals surface area (Å²) in [5.41, 5.74) is -2.57. The molecule has 11 heteroatoms. The maximum Gasteiger partial charge on any atom is 0.422 e. The number of aromatic nitrogens is 2. The number of hydrogen-bond donors (Lipinski definition) is 3. The number of nitrogens with one attached hydrogen (secondary N) is 1. The summed E-state index contributed by atoms with van der Waals surface area (Å²) in [4.78, 5) is 20.1. The van der Waals surface area contributed by atoms with E-state index in [0.29, 0.717) is 22.0 Å². The molecular formula is C28H26F4N2O5. The number of aryl methyl sites for hydroxylation is 1. The molecule has 0 saturated heterocycles. The van der Waals surface area contributed by atoms with Gasteiger partial charge in [0.25, 0.3) is 0 Å². The minimum absolute atomic E-state index is 0.0138. The van der Waals surface area contributed by atoms with Gasteiger partial charge in [0.05, 0.1) is 30.6 Å². The fourth-order valence-corrected chi connectivity index (χ4v) is 4.26. The zero-order valence-electron chi connectivity index (χ0n) is 21.1. The Morgan fingerprint density at radius 3 is 2.44 bits per heavy atom. The van der Waals surface area contributed by atoms with Gasteiger partial charge in [-0.2, -0.15) is 13.2 Å². The summed E-state index contributed by atoms with van der Waals surface area (Å²) in [7, 11) is 1.33. The Labute approximate surface area is 221 Å². The molecule has 1 atom stereocenters. The Morgan fingerprint density at radius 2 is 1.79 bits per heavy atom. The van der Waals surface area contributed by atoms with E-state index in [1.54, 1.807) is 13.1 Å². The maximum absolute atomic E-state index is 14.4. The van der Waals surface area contributed by atoms with E-state index in [0.717, 1.165) is 18.2 Å². The molecule has 206 valence electrons. The number of alkyl halides is 3. The van der Waals surface area contributed by atoms with Gasteiger partial charge in [-0.25, -0.2) is 9.37 Å². The second-order valence-corrected chi connectivity index (χ2v) is 8.98. The molecule has 0 fully saturated rings. The van der Waals surface area contributed by atoms with Crippen LogP contribution in [0.4, 0.5) is 17.6 Å². The first kappa shape index (κ1) is 28.1. The number of aromatic amines is 1. The molecule has 0 aliphatic rings. The molecule has 2 aromatic heterocycles. The lowest BCUT2D eigenvalue weighted by Gasteiger charge is -2.30. The number of benzene rings is 2. The van der Waals surface area contributed by atoms with Crippen molar-refractivity contribution in [3.8, 4) is 22.8 Å². The molecule has 4 rings (SSSR count). The van der Waals surface area contributed by atoms with Crippen molar-refractivity contribution in [3.63, 3.8) is 0 Å². The smallest absolute Gasteiger partial charge is 0.422 e. The fraction of sp³-hybridized carbons (Fsp3) is 0.286. The largest absolute Gasteiger partial charge is 0.493 e. The monoisotopic (exact) mass is 546 g/mol. The highest BCUT2D eigenvalue weighted by molar-refractivity contribution is 5.97. The van der Waals surface area contributed by atoms with Crippen LogP contribution >= 0.6 is 0 Å². The average molecular weight is 547 g/mol. The molecule has 0 aliphatic carbocycles. The molecule has 0 bridgehead atoms. The van der Waals surface area contributed by atoms with E-state index in [4.69, 9.17) is 14.6 Å². The van der Waals surface area contributed by atoms with Crippen LogP contribution in [0.15, 0.2) is 54.7 Å². The molecule has 39 heavy (non-hydrogen) atoms. The van der Waals surface area contributed by atoms with Gasteiger partial charge in [0, 0.05) is 29.1 Å². The second-order valence-electron chi connectivity index (χ2n) is 8.98. The molecule has 0 saturated carbocycles. The third kappa shape index (κ3) is 5.59. The quantitative estimate of drug-likeness (QED) is 0.180. The van der Waals surface area contributed by atoms with Gasteiger partial charge in [-0.1, -0.05) is 0 Å². The molecule has 7 nitrogen and oxygen atoms in total. The number of H-pyrrole nitrogens is 1. The Morgan fingerprint density at radius 1 is 1.08 bits per heavy atom. The van der Waals surface area contributed by atoms with E-state index >= 15 is 0 Å². The van der Waals surface area contributed by atoms with Gasteiger partial charge in [0.15, 0.2) is 17.3 Å². The number of ether oxygens (including phenoxy) is 2. The van der Waals surface area contributed by atoms with Gasteiger partial charge < -0.3 is 24.7 Å². The third-order valence-corrected chi connectivity index (χ3v) is 6.44. The highest BCUT2D eigenvalue weighted by atomic mass is 19.4. The summed E-state index contributed by atoms with van der Waals surface area (Å²) >= 11 is 0. The van der Waals surface area contributed by atoms with Crippen molar-refractivity contribution < 1.29 is 42.0 Å². The summed E-state index contributed by atoms with van der Waals surface area (Å²) < 4.78 is 67.3. The Bertz CT molecular complexity index is 1480. The minimum Gasteiger partial charge on any atom is -0.493 e. The molecule has 4 aromatic rings. The molecule has 0 unspecified atom stereocenters. The first-order valence-corrected chi connectivity index (χ1v) is 12.0. The number of aliphatic hydroxyl groups is 2. The van der Waals surface area contributed by atoms with Crippen molar-refractivity contribution in [2.75, 3.05) is 20.3 Å². The molecule has 0 radical (unpaired) electrons. The maximum atomic E-state index is 14.4. The van der Waals surface area contributed by atoms with Crippen molar-refractivity contribution in [2.24, 2.45) is 0 Å². The van der Waals surface area contributed by atoms with Gasteiger partial charge in [-0.05, 0) is 67.4 Å². The summed E-state index contributed by atoms with van der Waals surface area (Å²) in [6, 6.07) is 10.3. The van der Waals surface area contributed by atoms with Crippen molar-refractivity contribution in [2.45, 2.75) is 31.5 Å². The number of fused-ring (bicyclic) bond motifs is 1. The number of rotatable bonds is 10. The van der Waals surface area contributed by atoms with Gasteiger partial charge in [-0.3, -0.25) is 4.79 Å². The van der Waals surface area contributed by atoms with Gasteiger partial charge >= 0.3 is 6.18 Å². The third-order valence-electron chi connectivity index (χ3n) is 6.44. The number of nitrogens with zero attached hydrogens (tertiary/aromatic N) is 1. The minimum atomic E-state index is -5.17. The van der Waals surface area contributed by atoms with Crippen LogP contribution < -0.4 is 9.47 Å². The van der Waals surface area contributed by atoms with E-state index in [2.05, 4.69) is 9.97 Å². The molecular weight excluding hydrogens is 520 g/mol. The predicted molar refractivity (Wildman–Crippen MR) is 135 cm³/mol. The standard InChI is InChI=1S/C28H26F4N2O5/c1-16-15-33-26-20(16)14-24(34-25(26)17-3-6-19(29)7-4-17)27(37,28(30,31)32)10-9-21(36)18-5-8-22(39-12-11-35)23(13-18)38-2/h3-8,13-15,33,35,37H,9-12H2,1-2H3/t27-/m1/s1. The predicted octanol–water partition coefficient (Wildman–Crippen LogP) is 5.47. The number of hydrogen-bond acceptors (Lipinski definition) is 6. The van der Waals surface area contributed by atoms with Crippen LogP contribution in [0, 0.1) is 12.7 Å². The van der Waals surface area contributed by atoms with E-state index in [1.807, 2.05) is 0 Å².